The molecule has 3 rings (SSSR count). The second-order valence-electron chi connectivity index (χ2n) is 6.66. The van der Waals surface area contributed by atoms with Gasteiger partial charge < -0.3 is 19.9 Å². The lowest BCUT2D eigenvalue weighted by molar-refractivity contribution is 0.251. The van der Waals surface area contributed by atoms with E-state index in [1.165, 1.54) is 6.07 Å². The van der Waals surface area contributed by atoms with Crippen molar-refractivity contribution in [2.75, 3.05) is 12.4 Å². The molecule has 0 unspecified atom stereocenters. The van der Waals surface area contributed by atoms with Crippen molar-refractivity contribution in [3.05, 3.63) is 71.1 Å². The van der Waals surface area contributed by atoms with Gasteiger partial charge in [-0.2, -0.15) is 0 Å². The highest BCUT2D eigenvalue weighted by Gasteiger charge is 2.10. The number of halogens is 1. The molecule has 0 atom stereocenters. The molecule has 1 aromatic heterocycles. The third kappa shape index (κ3) is 4.31. The van der Waals surface area contributed by atoms with Crippen molar-refractivity contribution in [2.24, 2.45) is 0 Å². The molecule has 7 heteroatoms. The molecule has 0 saturated heterocycles. The summed E-state index contributed by atoms with van der Waals surface area (Å²) in [6.45, 7) is 6.11. The number of anilines is 1. The van der Waals surface area contributed by atoms with Crippen LogP contribution in [0.3, 0.4) is 0 Å². The Bertz CT molecular complexity index is 990. The molecule has 0 bridgehead atoms. The predicted molar refractivity (Wildman–Crippen MR) is 107 cm³/mol. The van der Waals surface area contributed by atoms with E-state index in [0.29, 0.717) is 17.9 Å². The molecule has 0 spiro atoms. The van der Waals surface area contributed by atoms with E-state index in [1.807, 2.05) is 32.9 Å². The van der Waals surface area contributed by atoms with Crippen LogP contribution in [0.1, 0.15) is 22.4 Å². The van der Waals surface area contributed by atoms with Crippen molar-refractivity contribution in [1.29, 1.82) is 0 Å². The van der Waals surface area contributed by atoms with Crippen LogP contribution in [0.25, 0.3) is 5.69 Å². The van der Waals surface area contributed by atoms with Gasteiger partial charge in [-0.15, -0.1) is 0 Å². The molecule has 0 radical (unpaired) electrons. The maximum Gasteiger partial charge on any atom is 0.319 e. The Balaban J connectivity index is 1.63. The minimum atomic E-state index is -0.448. The number of carbonyl (C=O) groups is 1. The SMILES string of the molecule is COc1c(C)cc(CNC(=O)Nc2ccc(-n3cnc(C)c3)c(F)c2)cc1C. The molecule has 6 nitrogen and oxygen atoms in total. The molecule has 0 aliphatic carbocycles. The van der Waals surface area contributed by atoms with E-state index in [4.69, 9.17) is 4.74 Å². The molecule has 0 aliphatic rings. The molecule has 0 saturated carbocycles. The standard InChI is InChI=1S/C21H23FN4O2/c1-13-7-16(8-14(2)20(13)28-4)10-23-21(27)25-17-5-6-19(18(22)9-17)26-11-15(3)24-12-26/h5-9,11-12H,10H2,1-4H3,(H2,23,25,27). The number of aromatic nitrogens is 2. The molecule has 28 heavy (non-hydrogen) atoms. The Morgan fingerprint density at radius 3 is 2.46 bits per heavy atom. The molecule has 2 aromatic carbocycles. The van der Waals surface area contributed by atoms with E-state index in [0.717, 1.165) is 28.1 Å². The first-order chi connectivity index (χ1) is 13.4. The fourth-order valence-corrected chi connectivity index (χ4v) is 3.17. The molecule has 146 valence electrons. The lowest BCUT2D eigenvalue weighted by Gasteiger charge is -2.13. The van der Waals surface area contributed by atoms with Gasteiger partial charge >= 0.3 is 6.03 Å². The monoisotopic (exact) mass is 382 g/mol. The first kappa shape index (κ1) is 19.4. The number of carbonyl (C=O) groups excluding carboxylic acids is 1. The number of ether oxygens (including phenoxy) is 1. The molecule has 3 aromatic rings. The van der Waals surface area contributed by atoms with Crippen LogP contribution in [0.15, 0.2) is 42.9 Å². The number of benzene rings is 2. The zero-order chi connectivity index (χ0) is 20.3. The molecule has 2 amide bonds. The minimum Gasteiger partial charge on any atom is -0.496 e. The molecular formula is C21H23FN4O2. The summed E-state index contributed by atoms with van der Waals surface area (Å²) in [7, 11) is 1.64. The van der Waals surface area contributed by atoms with Crippen LogP contribution in [0.5, 0.6) is 5.75 Å². The predicted octanol–water partition coefficient (Wildman–Crippen LogP) is 4.27. The lowest BCUT2D eigenvalue weighted by Crippen LogP contribution is -2.28. The first-order valence-corrected chi connectivity index (χ1v) is 8.87. The second kappa shape index (κ2) is 8.12. The quantitative estimate of drug-likeness (QED) is 0.693. The van der Waals surface area contributed by atoms with E-state index < -0.39 is 11.8 Å². The van der Waals surface area contributed by atoms with Crippen LogP contribution in [0.4, 0.5) is 14.9 Å². The molecule has 2 N–H and O–H groups in total. The van der Waals surface area contributed by atoms with Gasteiger partial charge in [0.25, 0.3) is 0 Å². The normalized spacial score (nSPS) is 10.6. The Labute approximate surface area is 163 Å². The maximum atomic E-state index is 14.4. The maximum absolute atomic E-state index is 14.4. The summed E-state index contributed by atoms with van der Waals surface area (Å²) < 4.78 is 21.3. The summed E-state index contributed by atoms with van der Waals surface area (Å²) in [6.07, 6.45) is 3.28. The van der Waals surface area contributed by atoms with Gasteiger partial charge in [0.2, 0.25) is 0 Å². The van der Waals surface area contributed by atoms with Crippen molar-refractivity contribution in [2.45, 2.75) is 27.3 Å². The smallest absolute Gasteiger partial charge is 0.319 e. The van der Waals surface area contributed by atoms with Gasteiger partial charge in [0.05, 0.1) is 24.8 Å². The number of hydrogen-bond donors (Lipinski definition) is 2. The Hall–Kier alpha value is -3.35. The van der Waals surface area contributed by atoms with E-state index in [1.54, 1.807) is 36.3 Å². The topological polar surface area (TPSA) is 68.2 Å². The summed E-state index contributed by atoms with van der Waals surface area (Å²) in [6, 6.07) is 8.06. The summed E-state index contributed by atoms with van der Waals surface area (Å²) in [5, 5.41) is 5.43. The van der Waals surface area contributed by atoms with Crippen molar-refractivity contribution in [3.8, 4) is 11.4 Å². The third-order valence-corrected chi connectivity index (χ3v) is 4.37. The van der Waals surface area contributed by atoms with E-state index >= 15 is 0 Å². The largest absolute Gasteiger partial charge is 0.496 e. The van der Waals surface area contributed by atoms with Gasteiger partial charge in [-0.25, -0.2) is 14.2 Å². The number of hydrogen-bond acceptors (Lipinski definition) is 3. The minimum absolute atomic E-state index is 0.354. The number of urea groups is 1. The average molecular weight is 382 g/mol. The van der Waals surface area contributed by atoms with Crippen molar-refractivity contribution < 1.29 is 13.9 Å². The Morgan fingerprint density at radius 1 is 1.18 bits per heavy atom. The Kier molecular flexibility index (Phi) is 5.63. The fourth-order valence-electron chi connectivity index (χ4n) is 3.17. The van der Waals surface area contributed by atoms with Gasteiger partial charge in [0, 0.05) is 18.4 Å². The molecule has 0 aliphatic heterocycles. The van der Waals surface area contributed by atoms with Crippen LogP contribution in [0.2, 0.25) is 0 Å². The van der Waals surface area contributed by atoms with Crippen LogP contribution >= 0.6 is 0 Å². The van der Waals surface area contributed by atoms with Crippen molar-refractivity contribution in [1.82, 2.24) is 14.9 Å². The number of nitrogens with zero attached hydrogens (tertiary/aromatic N) is 2. The number of aryl methyl sites for hydroxylation is 3. The van der Waals surface area contributed by atoms with Gasteiger partial charge in [0.1, 0.15) is 11.6 Å². The van der Waals surface area contributed by atoms with E-state index in [2.05, 4.69) is 15.6 Å². The van der Waals surface area contributed by atoms with Crippen LogP contribution < -0.4 is 15.4 Å². The molecule has 1 heterocycles. The highest BCUT2D eigenvalue weighted by atomic mass is 19.1. The van der Waals surface area contributed by atoms with Gasteiger partial charge in [0.15, 0.2) is 0 Å². The van der Waals surface area contributed by atoms with Crippen LogP contribution in [-0.4, -0.2) is 22.7 Å². The highest BCUT2D eigenvalue weighted by molar-refractivity contribution is 5.89. The summed E-state index contributed by atoms with van der Waals surface area (Å²) in [4.78, 5) is 16.3. The first-order valence-electron chi connectivity index (χ1n) is 8.87. The van der Waals surface area contributed by atoms with Gasteiger partial charge in [-0.05, 0) is 55.7 Å². The zero-order valence-electron chi connectivity index (χ0n) is 16.3. The molecular weight excluding hydrogens is 359 g/mol. The van der Waals surface area contributed by atoms with Crippen LogP contribution in [-0.2, 0) is 6.54 Å². The third-order valence-electron chi connectivity index (χ3n) is 4.37. The van der Waals surface area contributed by atoms with Gasteiger partial charge in [-0.1, -0.05) is 12.1 Å². The van der Waals surface area contributed by atoms with Crippen molar-refractivity contribution >= 4 is 11.7 Å². The van der Waals surface area contributed by atoms with Crippen LogP contribution in [0, 0.1) is 26.6 Å². The number of methoxy groups -OCH3 is 1. The fraction of sp³-hybridized carbons (Fsp3) is 0.238. The number of nitrogens with one attached hydrogen (secondary N) is 2. The van der Waals surface area contributed by atoms with E-state index in [9.17, 15) is 9.18 Å². The second-order valence-corrected chi connectivity index (χ2v) is 6.66. The number of amides is 2. The van der Waals surface area contributed by atoms with Crippen molar-refractivity contribution in [3.63, 3.8) is 0 Å². The summed E-state index contributed by atoms with van der Waals surface area (Å²) >= 11 is 0. The van der Waals surface area contributed by atoms with Gasteiger partial charge in [-0.3, -0.25) is 0 Å². The Morgan fingerprint density at radius 2 is 1.89 bits per heavy atom. The lowest BCUT2D eigenvalue weighted by atomic mass is 10.1. The number of rotatable bonds is 5. The summed E-state index contributed by atoms with van der Waals surface area (Å²) in [5.41, 5.74) is 4.51. The number of imidazole rings is 1. The van der Waals surface area contributed by atoms with E-state index in [-0.39, 0.29) is 0 Å². The highest BCUT2D eigenvalue weighted by Crippen LogP contribution is 2.24. The molecule has 0 fully saturated rings. The zero-order valence-corrected chi connectivity index (χ0v) is 16.3. The summed E-state index contributed by atoms with van der Waals surface area (Å²) in [5.74, 6) is 0.397. The average Bonchev–Trinajstić information content (AvgIpc) is 3.06.